The summed E-state index contributed by atoms with van der Waals surface area (Å²) in [6, 6.07) is 0. The van der Waals surface area contributed by atoms with Gasteiger partial charge in [-0.25, -0.2) is 4.57 Å². The summed E-state index contributed by atoms with van der Waals surface area (Å²) < 4.78 is 8.88. The first-order valence-corrected chi connectivity index (χ1v) is 2.35. The van der Waals surface area contributed by atoms with Crippen LogP contribution in [0.4, 0.5) is 0 Å². The fourth-order valence-corrected chi connectivity index (χ4v) is 0. The van der Waals surface area contributed by atoms with Gasteiger partial charge in [0.25, 0.3) is 0 Å². The molecule has 0 bridgehead atoms. The summed E-state index contributed by atoms with van der Waals surface area (Å²) in [5.41, 5.74) is 0. The van der Waals surface area contributed by atoms with E-state index in [2.05, 4.69) is 0 Å². The Morgan fingerprint density at radius 1 is 1.14 bits per heavy atom. The minimum atomic E-state index is -4.64. The van der Waals surface area contributed by atoms with Crippen LogP contribution in [0.5, 0.6) is 0 Å². The zero-order chi connectivity index (χ0) is 4.50. The SMILES string of the molecule is O=P(O)(O)O.[BiH3].[KH]. The Morgan fingerprint density at radius 3 is 1.14 bits per heavy atom. The van der Waals surface area contributed by atoms with Gasteiger partial charge in [0.05, 0.1) is 0 Å². The molecule has 0 aromatic rings. The number of hydrogen-bond donors (Lipinski definition) is 3. The van der Waals surface area contributed by atoms with E-state index >= 15 is 0 Å². The van der Waals surface area contributed by atoms with Crippen LogP contribution in [-0.4, -0.2) is 92.3 Å². The molecule has 0 saturated heterocycles. The van der Waals surface area contributed by atoms with Gasteiger partial charge in [-0.2, -0.15) is 0 Å². The molecule has 0 amide bonds. The second kappa shape index (κ2) is 6.75. The van der Waals surface area contributed by atoms with E-state index in [1.54, 1.807) is 0 Å². The third-order valence-electron chi connectivity index (χ3n) is 0. The molecule has 0 atom stereocenters. The van der Waals surface area contributed by atoms with E-state index in [9.17, 15) is 0 Å². The second-order valence-corrected chi connectivity index (χ2v) is 1.54. The molecule has 0 radical (unpaired) electrons. The molecular formula is H7BiKO4P. The van der Waals surface area contributed by atoms with Crippen molar-refractivity contribution in [1.82, 2.24) is 0 Å². The molecule has 7 heteroatoms. The van der Waals surface area contributed by atoms with Crippen molar-refractivity contribution in [2.75, 3.05) is 0 Å². The monoisotopic (exact) mass is 350 g/mol. The predicted octanol–water partition coefficient (Wildman–Crippen LogP) is -2.76. The van der Waals surface area contributed by atoms with Gasteiger partial charge < -0.3 is 14.7 Å². The van der Waals surface area contributed by atoms with Crippen LogP contribution in [0.1, 0.15) is 0 Å². The van der Waals surface area contributed by atoms with Crippen molar-refractivity contribution < 1.29 is 19.2 Å². The summed E-state index contributed by atoms with van der Waals surface area (Å²) in [5, 5.41) is 0. The molecule has 42 valence electrons. The van der Waals surface area contributed by atoms with Gasteiger partial charge in [-0.3, -0.25) is 0 Å². The fraction of sp³-hybridized carbons (Fsp3) is 0. The van der Waals surface area contributed by atoms with Crippen LogP contribution in [0, 0.1) is 0 Å². The Morgan fingerprint density at radius 2 is 1.14 bits per heavy atom. The maximum atomic E-state index is 8.88. The number of rotatable bonds is 0. The maximum absolute atomic E-state index is 8.88. The fourth-order valence-electron chi connectivity index (χ4n) is 0. The van der Waals surface area contributed by atoms with Gasteiger partial charge in [0, 0.05) is 0 Å². The summed E-state index contributed by atoms with van der Waals surface area (Å²) in [5.74, 6) is 0. The molecule has 0 unspecified atom stereocenters. The van der Waals surface area contributed by atoms with Crippen molar-refractivity contribution in [2.45, 2.75) is 0 Å². The third kappa shape index (κ3) is 54.9. The summed E-state index contributed by atoms with van der Waals surface area (Å²) in [4.78, 5) is 21.6. The van der Waals surface area contributed by atoms with Crippen molar-refractivity contribution in [3.63, 3.8) is 0 Å². The zero-order valence-corrected chi connectivity index (χ0v) is 9.30. The van der Waals surface area contributed by atoms with Crippen molar-refractivity contribution in [2.24, 2.45) is 0 Å². The van der Waals surface area contributed by atoms with Crippen LogP contribution in [-0.2, 0) is 4.57 Å². The first-order chi connectivity index (χ1) is 2.00. The predicted molar refractivity (Wildman–Crippen MR) is 31.4 cm³/mol. The average molecular weight is 350 g/mol. The molecule has 0 spiro atoms. The zero-order valence-electron chi connectivity index (χ0n) is 2.90. The molecular weight excluding hydrogens is 343 g/mol. The standard InChI is InChI=1S/Bi.K.H3O4P.4H/c;;1-5(2,3)4;;;;/h;;(H3,1,2,3,4);;;;. The summed E-state index contributed by atoms with van der Waals surface area (Å²) in [7, 11) is -4.64. The first kappa shape index (κ1) is 16.3. The van der Waals surface area contributed by atoms with Crippen LogP contribution in [0.3, 0.4) is 0 Å². The Labute approximate surface area is 102 Å². The van der Waals surface area contributed by atoms with E-state index in [-0.39, 0.29) is 77.6 Å². The van der Waals surface area contributed by atoms with Crippen molar-refractivity contribution in [3.05, 3.63) is 0 Å². The first-order valence-electron chi connectivity index (χ1n) is 0.783. The molecule has 0 aromatic carbocycles. The van der Waals surface area contributed by atoms with Gasteiger partial charge in [0.2, 0.25) is 0 Å². The Hall–Kier alpha value is 2.63. The topological polar surface area (TPSA) is 77.8 Å². The average Bonchev–Trinajstić information content (AvgIpc) is 0.722. The third-order valence-corrected chi connectivity index (χ3v) is 0. The van der Waals surface area contributed by atoms with E-state index < -0.39 is 7.82 Å². The normalized spacial score (nSPS) is 8.43. The molecule has 0 heterocycles. The molecule has 0 aliphatic rings. The van der Waals surface area contributed by atoms with Crippen molar-refractivity contribution in [1.29, 1.82) is 0 Å². The molecule has 0 saturated carbocycles. The number of phosphoric acid groups is 1. The molecule has 0 aliphatic carbocycles. The molecule has 3 N–H and O–H groups in total. The van der Waals surface area contributed by atoms with Gasteiger partial charge in [-0.1, -0.05) is 0 Å². The molecule has 7 heavy (non-hydrogen) atoms. The molecule has 0 aliphatic heterocycles. The van der Waals surface area contributed by atoms with Gasteiger partial charge in [-0.05, 0) is 0 Å². The van der Waals surface area contributed by atoms with Crippen LogP contribution in [0.2, 0.25) is 0 Å². The van der Waals surface area contributed by atoms with Crippen LogP contribution >= 0.6 is 7.82 Å². The Kier molecular flexibility index (Phi) is 15.7. The molecule has 0 aromatic heterocycles. The summed E-state index contributed by atoms with van der Waals surface area (Å²) in [6.07, 6.45) is 0. The van der Waals surface area contributed by atoms with Crippen molar-refractivity contribution in [3.8, 4) is 0 Å². The van der Waals surface area contributed by atoms with Crippen LogP contribution < -0.4 is 0 Å². The molecule has 0 fully saturated rings. The van der Waals surface area contributed by atoms with E-state index in [0.29, 0.717) is 0 Å². The van der Waals surface area contributed by atoms with E-state index in [4.69, 9.17) is 19.2 Å². The summed E-state index contributed by atoms with van der Waals surface area (Å²) >= 11 is 0. The van der Waals surface area contributed by atoms with Crippen LogP contribution in [0.25, 0.3) is 0 Å². The van der Waals surface area contributed by atoms with Gasteiger partial charge in [-0.15, -0.1) is 0 Å². The van der Waals surface area contributed by atoms with E-state index in [1.807, 2.05) is 0 Å². The Balaban J connectivity index is -0.0000000800. The van der Waals surface area contributed by atoms with Crippen molar-refractivity contribution >= 4 is 85.4 Å². The quantitative estimate of drug-likeness (QED) is 0.327. The van der Waals surface area contributed by atoms with Crippen LogP contribution in [0.15, 0.2) is 0 Å². The second-order valence-electron chi connectivity index (χ2n) is 0.513. The minimum absolute atomic E-state index is 0. The van der Waals surface area contributed by atoms with E-state index in [0.717, 1.165) is 0 Å². The van der Waals surface area contributed by atoms with Gasteiger partial charge in [0.1, 0.15) is 0 Å². The number of hydrogen-bond acceptors (Lipinski definition) is 1. The van der Waals surface area contributed by atoms with E-state index in [1.165, 1.54) is 0 Å². The molecule has 0 rings (SSSR count). The molecule has 4 nitrogen and oxygen atoms in total. The summed E-state index contributed by atoms with van der Waals surface area (Å²) in [6.45, 7) is 0. The van der Waals surface area contributed by atoms with Gasteiger partial charge in [0.15, 0.2) is 0 Å². The Bertz CT molecular complexity index is 57.8. The van der Waals surface area contributed by atoms with Gasteiger partial charge >= 0.3 is 85.4 Å².